The van der Waals surface area contributed by atoms with E-state index in [9.17, 15) is 14.9 Å². The first-order valence-corrected chi connectivity index (χ1v) is 9.36. The van der Waals surface area contributed by atoms with Crippen LogP contribution in [-0.4, -0.2) is 35.8 Å². The molecule has 0 radical (unpaired) electrons. The predicted molar refractivity (Wildman–Crippen MR) is 105 cm³/mol. The topological polar surface area (TPSA) is 90.6 Å². The second-order valence-electron chi connectivity index (χ2n) is 6.61. The zero-order valence-corrected chi connectivity index (χ0v) is 16.6. The fourth-order valence-corrected chi connectivity index (χ4v) is 3.26. The minimum Gasteiger partial charge on any atom is -0.494 e. The van der Waals surface area contributed by atoms with Crippen LogP contribution in [0.4, 0.5) is 0 Å². The molecule has 0 amide bonds. The number of ether oxygens (including phenoxy) is 3. The second kappa shape index (κ2) is 8.65. The van der Waals surface area contributed by atoms with Gasteiger partial charge in [-0.25, -0.2) is 9.59 Å². The van der Waals surface area contributed by atoms with Crippen molar-refractivity contribution in [3.63, 3.8) is 0 Å². The normalized spacial score (nSPS) is 16.3. The molecule has 29 heavy (non-hydrogen) atoms. The van der Waals surface area contributed by atoms with Crippen molar-refractivity contribution in [1.82, 2.24) is 4.57 Å². The van der Waals surface area contributed by atoms with E-state index in [2.05, 4.69) is 0 Å². The number of esters is 2. The first-order chi connectivity index (χ1) is 13.9. The molecule has 0 unspecified atom stereocenters. The van der Waals surface area contributed by atoms with Gasteiger partial charge in [-0.3, -0.25) is 0 Å². The highest BCUT2D eigenvalue weighted by Gasteiger charge is 2.31. The molecule has 7 heteroatoms. The molecule has 1 aromatic carbocycles. The molecule has 1 aliphatic heterocycles. The zero-order valence-electron chi connectivity index (χ0n) is 16.6. The molecular weight excluding hydrogens is 372 g/mol. The van der Waals surface area contributed by atoms with Crippen LogP contribution in [0, 0.1) is 25.2 Å². The van der Waals surface area contributed by atoms with E-state index in [4.69, 9.17) is 14.2 Å². The fraction of sp³-hybridized carbons (Fsp3) is 0.318. The number of hydrogen-bond donors (Lipinski definition) is 0. The molecule has 2 heterocycles. The van der Waals surface area contributed by atoms with Gasteiger partial charge in [0, 0.05) is 23.5 Å². The van der Waals surface area contributed by atoms with E-state index in [1.807, 2.05) is 61.7 Å². The third-order valence-electron chi connectivity index (χ3n) is 4.65. The number of aryl methyl sites for hydroxylation is 1. The number of nitrogens with zero attached hydrogens (tertiary/aromatic N) is 2. The maximum absolute atomic E-state index is 12.3. The number of benzene rings is 1. The molecule has 0 N–H and O–H groups in total. The summed E-state index contributed by atoms with van der Waals surface area (Å²) < 4.78 is 17.4. The largest absolute Gasteiger partial charge is 0.494 e. The van der Waals surface area contributed by atoms with Crippen molar-refractivity contribution < 1.29 is 23.8 Å². The summed E-state index contributed by atoms with van der Waals surface area (Å²) >= 11 is 0. The van der Waals surface area contributed by atoms with E-state index in [1.54, 1.807) is 0 Å². The maximum atomic E-state index is 12.3. The number of hydrogen-bond acceptors (Lipinski definition) is 6. The molecule has 1 saturated heterocycles. The lowest BCUT2D eigenvalue weighted by Crippen LogP contribution is -2.23. The Balaban J connectivity index is 1.86. The van der Waals surface area contributed by atoms with E-state index >= 15 is 0 Å². The Morgan fingerprint density at radius 3 is 2.66 bits per heavy atom. The van der Waals surface area contributed by atoms with E-state index in [0.717, 1.165) is 28.4 Å². The molecular formula is C22H22N2O5. The Labute approximate surface area is 169 Å². The Morgan fingerprint density at radius 2 is 2.07 bits per heavy atom. The van der Waals surface area contributed by atoms with Crippen molar-refractivity contribution in [2.24, 2.45) is 0 Å². The SMILES string of the molecule is CCOc1ccc(-n2c(C)cc(/C=C(\C#N)C(=O)O[C@H]3CCOC3=O)c2C)cc1. The van der Waals surface area contributed by atoms with Gasteiger partial charge in [0.05, 0.1) is 13.2 Å². The summed E-state index contributed by atoms with van der Waals surface area (Å²) in [5, 5.41) is 9.41. The van der Waals surface area contributed by atoms with Crippen LogP contribution in [0.5, 0.6) is 5.75 Å². The van der Waals surface area contributed by atoms with E-state index in [-0.39, 0.29) is 12.2 Å². The number of nitriles is 1. The summed E-state index contributed by atoms with van der Waals surface area (Å²) in [6, 6.07) is 11.4. The van der Waals surface area contributed by atoms with Gasteiger partial charge in [-0.05, 0) is 62.7 Å². The minimum atomic E-state index is -0.949. The summed E-state index contributed by atoms with van der Waals surface area (Å²) in [5.74, 6) is -0.620. The van der Waals surface area contributed by atoms with Crippen molar-refractivity contribution in [1.29, 1.82) is 5.26 Å². The number of rotatable bonds is 6. The van der Waals surface area contributed by atoms with Gasteiger partial charge in [0.2, 0.25) is 6.10 Å². The maximum Gasteiger partial charge on any atom is 0.349 e. The van der Waals surface area contributed by atoms with E-state index < -0.39 is 18.0 Å². The van der Waals surface area contributed by atoms with Crippen LogP contribution in [0.1, 0.15) is 30.3 Å². The third kappa shape index (κ3) is 4.32. The Morgan fingerprint density at radius 1 is 1.34 bits per heavy atom. The Bertz CT molecular complexity index is 995. The van der Waals surface area contributed by atoms with Crippen LogP contribution in [0.3, 0.4) is 0 Å². The lowest BCUT2D eigenvalue weighted by atomic mass is 10.1. The van der Waals surface area contributed by atoms with Crippen LogP contribution in [0.2, 0.25) is 0 Å². The molecule has 0 bridgehead atoms. The molecule has 0 aliphatic carbocycles. The Kier molecular flexibility index (Phi) is 6.03. The van der Waals surface area contributed by atoms with Crippen molar-refractivity contribution >= 4 is 18.0 Å². The molecule has 0 spiro atoms. The van der Waals surface area contributed by atoms with Gasteiger partial charge < -0.3 is 18.8 Å². The molecule has 3 rings (SSSR count). The molecule has 1 aliphatic rings. The number of aromatic nitrogens is 1. The molecule has 1 fully saturated rings. The fourth-order valence-electron chi connectivity index (χ4n) is 3.26. The van der Waals surface area contributed by atoms with E-state index in [0.29, 0.717) is 13.0 Å². The second-order valence-corrected chi connectivity index (χ2v) is 6.61. The summed E-state index contributed by atoms with van der Waals surface area (Å²) in [4.78, 5) is 23.8. The van der Waals surface area contributed by atoms with Crippen molar-refractivity contribution in [2.45, 2.75) is 33.3 Å². The third-order valence-corrected chi connectivity index (χ3v) is 4.65. The monoisotopic (exact) mass is 394 g/mol. The van der Waals surface area contributed by atoms with Crippen molar-refractivity contribution in [3.05, 3.63) is 52.9 Å². The highest BCUT2D eigenvalue weighted by atomic mass is 16.6. The summed E-state index contributed by atoms with van der Waals surface area (Å²) in [6.45, 7) is 6.59. The minimum absolute atomic E-state index is 0.170. The van der Waals surface area contributed by atoms with Crippen LogP contribution in [-0.2, 0) is 19.1 Å². The van der Waals surface area contributed by atoms with Gasteiger partial charge in [0.25, 0.3) is 0 Å². The molecule has 0 saturated carbocycles. The van der Waals surface area contributed by atoms with Crippen LogP contribution >= 0.6 is 0 Å². The first kappa shape index (κ1) is 20.2. The first-order valence-electron chi connectivity index (χ1n) is 9.36. The standard InChI is InChI=1S/C22H22N2O5/c1-4-27-19-7-5-18(6-8-19)24-14(2)11-16(15(24)3)12-17(13-23)21(25)29-20-9-10-28-22(20)26/h5-8,11-12,20H,4,9-10H2,1-3H3/b17-12+/t20-/m0/s1. The number of carbonyl (C=O) groups is 2. The quantitative estimate of drug-likeness (QED) is 0.424. The predicted octanol–water partition coefficient (Wildman–Crippen LogP) is 3.26. The average molecular weight is 394 g/mol. The molecule has 2 aromatic rings. The smallest absolute Gasteiger partial charge is 0.349 e. The molecule has 7 nitrogen and oxygen atoms in total. The van der Waals surface area contributed by atoms with Crippen molar-refractivity contribution in [2.75, 3.05) is 13.2 Å². The molecule has 1 atom stereocenters. The zero-order chi connectivity index (χ0) is 21.0. The lowest BCUT2D eigenvalue weighted by molar-refractivity contribution is -0.157. The van der Waals surface area contributed by atoms with Crippen LogP contribution in [0.25, 0.3) is 11.8 Å². The van der Waals surface area contributed by atoms with Gasteiger partial charge >= 0.3 is 11.9 Å². The summed E-state index contributed by atoms with van der Waals surface area (Å²) in [7, 11) is 0. The number of carbonyl (C=O) groups excluding carboxylic acids is 2. The van der Waals surface area contributed by atoms with Crippen LogP contribution < -0.4 is 4.74 Å². The van der Waals surface area contributed by atoms with Gasteiger partial charge in [0.15, 0.2) is 0 Å². The Hall–Kier alpha value is -3.53. The van der Waals surface area contributed by atoms with Crippen molar-refractivity contribution in [3.8, 4) is 17.5 Å². The van der Waals surface area contributed by atoms with Gasteiger partial charge in [0.1, 0.15) is 17.4 Å². The van der Waals surface area contributed by atoms with Crippen LogP contribution in [0.15, 0.2) is 35.9 Å². The van der Waals surface area contributed by atoms with Gasteiger partial charge in [-0.2, -0.15) is 5.26 Å². The molecule has 150 valence electrons. The highest BCUT2D eigenvalue weighted by molar-refractivity contribution is 5.99. The van der Waals surface area contributed by atoms with E-state index in [1.165, 1.54) is 6.08 Å². The van der Waals surface area contributed by atoms with Gasteiger partial charge in [-0.1, -0.05) is 0 Å². The summed E-state index contributed by atoms with van der Waals surface area (Å²) in [6.07, 6.45) is 0.835. The lowest BCUT2D eigenvalue weighted by Gasteiger charge is -2.11. The summed E-state index contributed by atoms with van der Waals surface area (Å²) in [5.41, 5.74) is 3.31. The highest BCUT2D eigenvalue weighted by Crippen LogP contribution is 2.25. The van der Waals surface area contributed by atoms with Gasteiger partial charge in [-0.15, -0.1) is 0 Å². The average Bonchev–Trinajstić information content (AvgIpc) is 3.23. The number of cyclic esters (lactones) is 1. The molecule has 1 aromatic heterocycles.